The van der Waals surface area contributed by atoms with Crippen molar-refractivity contribution in [1.82, 2.24) is 0 Å². The largest absolute Gasteiger partial charge is 0.455 e. The summed E-state index contributed by atoms with van der Waals surface area (Å²) in [5.74, 6) is 0.719. The summed E-state index contributed by atoms with van der Waals surface area (Å²) in [7, 11) is 0. The van der Waals surface area contributed by atoms with Gasteiger partial charge < -0.3 is 8.83 Å². The Labute approximate surface area is 148 Å². The lowest BCUT2D eigenvalue weighted by atomic mass is 10.1. The monoisotopic (exact) mass is 432 g/mol. The molecule has 0 N–H and O–H groups in total. The van der Waals surface area contributed by atoms with Gasteiger partial charge in [0, 0.05) is 10.9 Å². The summed E-state index contributed by atoms with van der Waals surface area (Å²) < 4.78 is 12.7. The van der Waals surface area contributed by atoms with Crippen LogP contribution < -0.4 is 5.63 Å². The van der Waals surface area contributed by atoms with Gasteiger partial charge in [-0.15, -0.1) is 0 Å². The fraction of sp³-hybridized carbons (Fsp3) is 0.0556. The molecule has 0 spiro atoms. The Kier molecular flexibility index (Phi) is 3.43. The van der Waals surface area contributed by atoms with E-state index >= 15 is 0 Å². The molecule has 0 aliphatic carbocycles. The van der Waals surface area contributed by atoms with Gasteiger partial charge in [-0.1, -0.05) is 30.3 Å². The van der Waals surface area contributed by atoms with Gasteiger partial charge in [-0.25, -0.2) is 4.79 Å². The van der Waals surface area contributed by atoms with Crippen LogP contribution in [0.4, 0.5) is 0 Å². The second-order valence-corrected chi connectivity index (χ2v) is 6.84. The lowest BCUT2D eigenvalue weighted by Crippen LogP contribution is -2.02. The molecule has 0 fully saturated rings. The molecule has 3 nitrogen and oxygen atoms in total. The fourth-order valence-electron chi connectivity index (χ4n) is 2.71. The van der Waals surface area contributed by atoms with Crippen molar-refractivity contribution in [3.63, 3.8) is 0 Å². The highest BCUT2D eigenvalue weighted by molar-refractivity contribution is 9.11. The molecule has 4 rings (SSSR count). The summed E-state index contributed by atoms with van der Waals surface area (Å²) in [5, 5.41) is 1.65. The van der Waals surface area contributed by atoms with Crippen molar-refractivity contribution in [3.05, 3.63) is 67.4 Å². The SMILES string of the molecule is Cc1c(Br)c(=O)oc2c1ccc1oc(-c3ccccc3)c(Br)c12. The lowest BCUT2D eigenvalue weighted by Gasteiger charge is -2.03. The third kappa shape index (κ3) is 2.18. The Balaban J connectivity index is 2.16. The maximum Gasteiger partial charge on any atom is 0.350 e. The van der Waals surface area contributed by atoms with Gasteiger partial charge in [0.1, 0.15) is 15.8 Å². The van der Waals surface area contributed by atoms with E-state index in [4.69, 9.17) is 8.83 Å². The van der Waals surface area contributed by atoms with Gasteiger partial charge in [-0.3, -0.25) is 0 Å². The number of halogens is 2. The summed E-state index contributed by atoms with van der Waals surface area (Å²) in [5.41, 5.74) is 2.63. The molecule has 2 aromatic heterocycles. The van der Waals surface area contributed by atoms with Crippen LogP contribution in [0.2, 0.25) is 0 Å². The molecule has 4 aromatic rings. The highest BCUT2D eigenvalue weighted by atomic mass is 79.9. The minimum Gasteiger partial charge on any atom is -0.455 e. The first kappa shape index (κ1) is 14.7. The quantitative estimate of drug-likeness (QED) is 0.343. The van der Waals surface area contributed by atoms with Crippen molar-refractivity contribution < 1.29 is 8.83 Å². The standard InChI is InChI=1S/C18H10Br2O3/c1-9-11-7-8-12-13(17(11)23-18(21)14(9)19)15(20)16(22-12)10-5-3-2-4-6-10/h2-8H,1H3. The summed E-state index contributed by atoms with van der Waals surface area (Å²) in [6, 6.07) is 13.6. The lowest BCUT2D eigenvalue weighted by molar-refractivity contribution is 0.557. The van der Waals surface area contributed by atoms with E-state index in [2.05, 4.69) is 31.9 Å². The smallest absolute Gasteiger partial charge is 0.350 e. The van der Waals surface area contributed by atoms with Crippen LogP contribution >= 0.6 is 31.9 Å². The number of aryl methyl sites for hydroxylation is 1. The first-order chi connectivity index (χ1) is 11.1. The molecular weight excluding hydrogens is 424 g/mol. The van der Waals surface area contributed by atoms with Gasteiger partial charge in [0.15, 0.2) is 5.58 Å². The number of furan rings is 1. The molecule has 0 saturated carbocycles. The summed E-state index contributed by atoms with van der Waals surface area (Å²) in [6.45, 7) is 1.89. The van der Waals surface area contributed by atoms with Crippen LogP contribution in [0.3, 0.4) is 0 Å². The minimum atomic E-state index is -0.392. The third-order valence-corrected chi connectivity index (χ3v) is 5.57. The predicted octanol–water partition coefficient (Wildman–Crippen LogP) is 6.04. The molecule has 0 amide bonds. The van der Waals surface area contributed by atoms with E-state index in [1.807, 2.05) is 49.4 Å². The first-order valence-corrected chi connectivity index (χ1v) is 8.56. The number of hydrogen-bond acceptors (Lipinski definition) is 3. The maximum atomic E-state index is 12.0. The molecule has 2 heterocycles. The van der Waals surface area contributed by atoms with Crippen molar-refractivity contribution in [1.29, 1.82) is 0 Å². The first-order valence-electron chi connectivity index (χ1n) is 6.97. The van der Waals surface area contributed by atoms with Gasteiger partial charge in [0.05, 0.1) is 9.86 Å². The molecule has 0 aliphatic heterocycles. The van der Waals surface area contributed by atoms with Crippen LogP contribution in [-0.4, -0.2) is 0 Å². The van der Waals surface area contributed by atoms with E-state index < -0.39 is 5.63 Å². The summed E-state index contributed by atoms with van der Waals surface area (Å²) in [6.07, 6.45) is 0. The fourth-order valence-corrected chi connectivity index (χ4v) is 3.69. The van der Waals surface area contributed by atoms with Crippen LogP contribution in [0.15, 0.2) is 65.0 Å². The second kappa shape index (κ2) is 5.35. The second-order valence-electron chi connectivity index (χ2n) is 5.26. The van der Waals surface area contributed by atoms with Crippen molar-refractivity contribution in [2.45, 2.75) is 6.92 Å². The van der Waals surface area contributed by atoms with Gasteiger partial charge in [-0.05, 0) is 56.5 Å². The van der Waals surface area contributed by atoms with E-state index in [1.165, 1.54) is 0 Å². The normalized spacial score (nSPS) is 11.4. The zero-order valence-corrected chi connectivity index (χ0v) is 15.2. The Morgan fingerprint density at radius 2 is 1.65 bits per heavy atom. The van der Waals surface area contributed by atoms with Gasteiger partial charge in [-0.2, -0.15) is 0 Å². The van der Waals surface area contributed by atoms with Crippen molar-refractivity contribution >= 4 is 53.8 Å². The average molecular weight is 434 g/mol. The highest BCUT2D eigenvalue weighted by Crippen LogP contribution is 2.41. The average Bonchev–Trinajstić information content (AvgIpc) is 2.91. The molecule has 0 unspecified atom stereocenters. The molecule has 2 aromatic carbocycles. The van der Waals surface area contributed by atoms with Gasteiger partial charge in [0.2, 0.25) is 0 Å². The molecule has 0 saturated heterocycles. The highest BCUT2D eigenvalue weighted by Gasteiger charge is 2.19. The molecule has 0 bridgehead atoms. The number of hydrogen-bond donors (Lipinski definition) is 0. The predicted molar refractivity (Wildman–Crippen MR) is 97.8 cm³/mol. The molecule has 0 radical (unpaired) electrons. The van der Waals surface area contributed by atoms with Crippen molar-refractivity contribution in [3.8, 4) is 11.3 Å². The van der Waals surface area contributed by atoms with E-state index in [-0.39, 0.29) is 0 Å². The van der Waals surface area contributed by atoms with E-state index in [0.717, 1.165) is 32.1 Å². The Morgan fingerprint density at radius 1 is 0.913 bits per heavy atom. The number of fused-ring (bicyclic) bond motifs is 3. The Hall–Kier alpha value is -1.85. The number of benzene rings is 2. The van der Waals surface area contributed by atoms with E-state index in [9.17, 15) is 4.79 Å². The summed E-state index contributed by atoms with van der Waals surface area (Å²) in [4.78, 5) is 12.0. The van der Waals surface area contributed by atoms with Gasteiger partial charge >= 0.3 is 5.63 Å². The molecule has 114 valence electrons. The molecule has 0 atom stereocenters. The van der Waals surface area contributed by atoms with Crippen molar-refractivity contribution in [2.75, 3.05) is 0 Å². The van der Waals surface area contributed by atoms with E-state index in [0.29, 0.717) is 15.6 Å². The summed E-state index contributed by atoms with van der Waals surface area (Å²) >= 11 is 6.89. The van der Waals surface area contributed by atoms with Crippen LogP contribution in [-0.2, 0) is 0 Å². The number of rotatable bonds is 1. The maximum absolute atomic E-state index is 12.0. The Bertz CT molecular complexity index is 1110. The minimum absolute atomic E-state index is 0.392. The zero-order chi connectivity index (χ0) is 16.1. The molecular formula is C18H10Br2O3. The zero-order valence-electron chi connectivity index (χ0n) is 12.0. The van der Waals surface area contributed by atoms with Crippen LogP contribution in [0.1, 0.15) is 5.56 Å². The molecule has 5 heteroatoms. The third-order valence-electron chi connectivity index (χ3n) is 3.89. The topological polar surface area (TPSA) is 43.4 Å². The van der Waals surface area contributed by atoms with E-state index in [1.54, 1.807) is 0 Å². The molecule has 0 aliphatic rings. The van der Waals surface area contributed by atoms with Crippen molar-refractivity contribution in [2.24, 2.45) is 0 Å². The van der Waals surface area contributed by atoms with Crippen LogP contribution in [0.25, 0.3) is 33.3 Å². The van der Waals surface area contributed by atoms with Crippen LogP contribution in [0, 0.1) is 6.92 Å². The molecule has 23 heavy (non-hydrogen) atoms. The van der Waals surface area contributed by atoms with Crippen LogP contribution in [0.5, 0.6) is 0 Å². The van der Waals surface area contributed by atoms with Gasteiger partial charge in [0.25, 0.3) is 0 Å². The Morgan fingerprint density at radius 3 is 2.39 bits per heavy atom.